The molecule has 3 rings (SSSR count). The van der Waals surface area contributed by atoms with Gasteiger partial charge in [0.2, 0.25) is 0 Å². The lowest BCUT2D eigenvalue weighted by atomic mass is 9.95. The number of amides is 1. The van der Waals surface area contributed by atoms with Crippen LogP contribution in [0.1, 0.15) is 18.9 Å². The third-order valence-corrected chi connectivity index (χ3v) is 5.97. The third-order valence-electron chi connectivity index (χ3n) is 4.21. The molecule has 150 valence electrons. The minimum atomic E-state index is -5.02. The van der Waals surface area contributed by atoms with E-state index in [1.54, 1.807) is 0 Å². The van der Waals surface area contributed by atoms with E-state index in [-0.39, 0.29) is 14.8 Å². The Labute approximate surface area is 153 Å². The summed E-state index contributed by atoms with van der Waals surface area (Å²) in [5.41, 5.74) is -6.83. The van der Waals surface area contributed by atoms with Crippen molar-refractivity contribution >= 4 is 33.2 Å². The zero-order chi connectivity index (χ0) is 21.3. The molecular weight excluding hydrogens is 418 g/mol. The second-order valence-electron chi connectivity index (χ2n) is 6.13. The van der Waals surface area contributed by atoms with Crippen LogP contribution in [-0.4, -0.2) is 36.2 Å². The molecule has 1 amide bonds. The fourth-order valence-electron chi connectivity index (χ4n) is 2.90. The second-order valence-corrected chi connectivity index (χ2v) is 7.73. The maximum absolute atomic E-state index is 13.1. The number of alkyl halides is 6. The van der Waals surface area contributed by atoms with E-state index in [4.69, 9.17) is 6.57 Å². The summed E-state index contributed by atoms with van der Waals surface area (Å²) in [7, 11) is -5.02. The highest BCUT2D eigenvalue weighted by atomic mass is 32.2. The molecule has 0 radical (unpaired) electrons. The Kier molecular flexibility index (Phi) is 3.98. The van der Waals surface area contributed by atoms with Crippen LogP contribution in [0, 0.1) is 6.57 Å². The molecule has 0 spiro atoms. The topological polar surface area (TPSA) is 74.4 Å². The Hall–Kier alpha value is -2.82. The van der Waals surface area contributed by atoms with Crippen molar-refractivity contribution in [3.63, 3.8) is 0 Å². The number of rotatable bonds is 1. The largest absolute Gasteiger partial charge is 0.431 e. The predicted molar refractivity (Wildman–Crippen MR) is 82.5 cm³/mol. The number of hydrogen-bond donors (Lipinski definition) is 0. The maximum Gasteiger partial charge on any atom is 0.431 e. The standard InChI is InChI=1S/C14H8F6N4O3S/c1-12-6-10(14(18,19)20)22-24(12)28(26,27)23(11(12)25)7-3-4-9(21-2)8(5-7)13(15,16)17/h3-5H,6H2,1H3/t12-/m0/s1. The van der Waals surface area contributed by atoms with Gasteiger partial charge in [-0.3, -0.25) is 4.79 Å². The van der Waals surface area contributed by atoms with Gasteiger partial charge in [-0.15, -0.1) is 0 Å². The van der Waals surface area contributed by atoms with Gasteiger partial charge in [-0.2, -0.15) is 48.6 Å². The predicted octanol–water partition coefficient (Wildman–Crippen LogP) is 3.23. The molecule has 2 aliphatic rings. The molecule has 2 aliphatic heterocycles. The van der Waals surface area contributed by atoms with E-state index in [1.807, 2.05) is 0 Å². The molecule has 7 nitrogen and oxygen atoms in total. The van der Waals surface area contributed by atoms with E-state index in [2.05, 4.69) is 9.95 Å². The van der Waals surface area contributed by atoms with Crippen LogP contribution in [-0.2, 0) is 21.2 Å². The van der Waals surface area contributed by atoms with Crippen molar-refractivity contribution in [2.24, 2.45) is 5.10 Å². The normalized spacial score (nSPS) is 24.2. The fraction of sp³-hybridized carbons (Fsp3) is 0.357. The summed E-state index contributed by atoms with van der Waals surface area (Å²) in [6.45, 7) is 7.67. The summed E-state index contributed by atoms with van der Waals surface area (Å²) in [6.07, 6.45) is -11.1. The number of benzene rings is 1. The molecule has 0 aromatic heterocycles. The van der Waals surface area contributed by atoms with Gasteiger partial charge in [0.25, 0.3) is 5.91 Å². The Morgan fingerprint density at radius 3 is 2.25 bits per heavy atom. The second kappa shape index (κ2) is 5.60. The summed E-state index contributed by atoms with van der Waals surface area (Å²) in [4.78, 5) is 15.3. The molecule has 1 aromatic rings. The van der Waals surface area contributed by atoms with Gasteiger partial charge < -0.3 is 0 Å². The van der Waals surface area contributed by atoms with Gasteiger partial charge in [0.05, 0.1) is 17.8 Å². The third kappa shape index (κ3) is 2.68. The zero-order valence-electron chi connectivity index (χ0n) is 13.6. The summed E-state index contributed by atoms with van der Waals surface area (Å²) >= 11 is 0. The molecule has 14 heteroatoms. The molecule has 0 N–H and O–H groups in total. The highest BCUT2D eigenvalue weighted by molar-refractivity contribution is 7.92. The van der Waals surface area contributed by atoms with E-state index in [0.717, 1.165) is 13.0 Å². The molecule has 1 saturated heterocycles. The molecule has 28 heavy (non-hydrogen) atoms. The first kappa shape index (κ1) is 19.9. The van der Waals surface area contributed by atoms with Crippen molar-refractivity contribution in [1.29, 1.82) is 0 Å². The lowest BCUT2D eigenvalue weighted by Crippen LogP contribution is -2.43. The number of carbonyl (C=O) groups is 1. The fourth-order valence-corrected chi connectivity index (χ4v) is 4.69. The van der Waals surface area contributed by atoms with Crippen molar-refractivity contribution in [3.8, 4) is 0 Å². The van der Waals surface area contributed by atoms with Gasteiger partial charge in [-0.1, -0.05) is 6.07 Å². The monoisotopic (exact) mass is 426 g/mol. The molecule has 1 atom stereocenters. The Morgan fingerprint density at radius 2 is 1.79 bits per heavy atom. The van der Waals surface area contributed by atoms with Crippen LogP contribution in [0.25, 0.3) is 4.85 Å². The molecule has 0 saturated carbocycles. The number of hydrazone groups is 1. The van der Waals surface area contributed by atoms with Crippen molar-refractivity contribution in [3.05, 3.63) is 35.2 Å². The molecule has 1 aromatic carbocycles. The van der Waals surface area contributed by atoms with Crippen molar-refractivity contribution < 1.29 is 39.6 Å². The highest BCUT2D eigenvalue weighted by Crippen LogP contribution is 2.46. The smallest absolute Gasteiger partial charge is 0.270 e. The first-order valence-corrected chi connectivity index (χ1v) is 8.67. The molecule has 2 heterocycles. The van der Waals surface area contributed by atoms with E-state index in [0.29, 0.717) is 6.07 Å². The Balaban J connectivity index is 2.16. The van der Waals surface area contributed by atoms with Crippen LogP contribution < -0.4 is 4.31 Å². The Bertz CT molecular complexity index is 1060. The highest BCUT2D eigenvalue weighted by Gasteiger charge is 2.65. The summed E-state index contributed by atoms with van der Waals surface area (Å²) in [5.74, 6) is -1.39. The number of nitrogens with zero attached hydrogens (tertiary/aromatic N) is 4. The quantitative estimate of drug-likeness (QED) is 0.511. The van der Waals surface area contributed by atoms with Crippen LogP contribution in [0.3, 0.4) is 0 Å². The lowest BCUT2D eigenvalue weighted by molar-refractivity contribution is -0.137. The summed E-state index contributed by atoms with van der Waals surface area (Å²) in [6, 6.07) is 1.74. The first-order valence-electron chi connectivity index (χ1n) is 7.27. The minimum absolute atomic E-state index is 0.0351. The minimum Gasteiger partial charge on any atom is -0.270 e. The zero-order valence-corrected chi connectivity index (χ0v) is 14.4. The number of anilines is 1. The Morgan fingerprint density at radius 1 is 1.18 bits per heavy atom. The van der Waals surface area contributed by atoms with Gasteiger partial charge in [-0.25, -0.2) is 4.85 Å². The van der Waals surface area contributed by atoms with E-state index < -0.39 is 63.1 Å². The molecular formula is C14H8F6N4O3S. The van der Waals surface area contributed by atoms with Gasteiger partial charge in [0, 0.05) is 6.42 Å². The van der Waals surface area contributed by atoms with Crippen LogP contribution in [0.15, 0.2) is 23.3 Å². The van der Waals surface area contributed by atoms with Crippen molar-refractivity contribution in [2.75, 3.05) is 4.31 Å². The van der Waals surface area contributed by atoms with E-state index in [9.17, 15) is 39.6 Å². The molecule has 0 aliphatic carbocycles. The summed E-state index contributed by atoms with van der Waals surface area (Å²) in [5, 5.41) is 2.98. The van der Waals surface area contributed by atoms with Gasteiger partial charge in [0.1, 0.15) is 5.71 Å². The molecule has 0 unspecified atom stereocenters. The number of fused-ring (bicyclic) bond motifs is 1. The molecule has 1 fully saturated rings. The van der Waals surface area contributed by atoms with Crippen LogP contribution in [0.4, 0.5) is 37.7 Å². The van der Waals surface area contributed by atoms with Gasteiger partial charge >= 0.3 is 22.6 Å². The van der Waals surface area contributed by atoms with Crippen LogP contribution in [0.2, 0.25) is 0 Å². The van der Waals surface area contributed by atoms with E-state index in [1.165, 1.54) is 0 Å². The van der Waals surface area contributed by atoms with E-state index >= 15 is 0 Å². The average molecular weight is 426 g/mol. The maximum atomic E-state index is 13.1. The lowest BCUT2D eigenvalue weighted by Gasteiger charge is -2.19. The summed E-state index contributed by atoms with van der Waals surface area (Å²) < 4.78 is 103. The molecule has 0 bridgehead atoms. The van der Waals surface area contributed by atoms with Crippen molar-refractivity contribution in [1.82, 2.24) is 4.41 Å². The van der Waals surface area contributed by atoms with Gasteiger partial charge in [0.15, 0.2) is 11.2 Å². The van der Waals surface area contributed by atoms with Crippen LogP contribution >= 0.6 is 0 Å². The first-order chi connectivity index (χ1) is 12.6. The SMILES string of the molecule is [C-]#[N+]c1ccc(N2C(=O)[C@]3(C)CC(C(F)(F)F)=NN3S2(=O)=O)cc1C(F)(F)F. The number of carbonyl (C=O) groups excluding carboxylic acids is 1. The number of hydrogen-bond acceptors (Lipinski definition) is 4. The van der Waals surface area contributed by atoms with Crippen molar-refractivity contribution in [2.45, 2.75) is 31.2 Å². The van der Waals surface area contributed by atoms with Gasteiger partial charge in [-0.05, 0) is 19.1 Å². The number of halogens is 6. The van der Waals surface area contributed by atoms with Crippen LogP contribution in [0.5, 0.6) is 0 Å². The average Bonchev–Trinajstić information content (AvgIpc) is 2.99.